The minimum Gasteiger partial charge on any atom is -0.368 e. The summed E-state index contributed by atoms with van der Waals surface area (Å²) in [5.41, 5.74) is 13.5. The van der Waals surface area contributed by atoms with E-state index in [1.54, 1.807) is 0 Å². The maximum Gasteiger partial charge on any atom is 0.239 e. The highest BCUT2D eigenvalue weighted by Crippen LogP contribution is 2.30. The average Bonchev–Trinajstić information content (AvgIpc) is 2.58. The van der Waals surface area contributed by atoms with Crippen LogP contribution in [0.3, 0.4) is 0 Å². The third-order valence-electron chi connectivity index (χ3n) is 2.07. The number of nitrogens with two attached hydrogens (primary N) is 1. The van der Waals surface area contributed by atoms with Gasteiger partial charge in [-0.2, -0.15) is 0 Å². The highest BCUT2D eigenvalue weighted by atomic mass is 79.9. The number of amides is 1. The molecule has 1 rings (SSSR count). The first-order chi connectivity index (χ1) is 8.06. The van der Waals surface area contributed by atoms with Crippen molar-refractivity contribution in [3.8, 4) is 0 Å². The number of azide groups is 1. The van der Waals surface area contributed by atoms with Crippen molar-refractivity contribution in [3.63, 3.8) is 0 Å². The van der Waals surface area contributed by atoms with Crippen molar-refractivity contribution >= 4 is 33.2 Å². The lowest BCUT2D eigenvalue weighted by Crippen LogP contribution is -2.34. The third kappa shape index (κ3) is 4.01. The molecule has 17 heavy (non-hydrogen) atoms. The van der Waals surface area contributed by atoms with Crippen LogP contribution in [0.2, 0.25) is 0 Å². The molecule has 1 aromatic rings. The number of primary amides is 1. The average molecular weight is 318 g/mol. The van der Waals surface area contributed by atoms with Gasteiger partial charge in [0.05, 0.1) is 0 Å². The van der Waals surface area contributed by atoms with Crippen LogP contribution in [0.5, 0.6) is 0 Å². The fourth-order valence-electron chi connectivity index (χ4n) is 1.27. The summed E-state index contributed by atoms with van der Waals surface area (Å²) in [6.07, 6.45) is 0. The molecule has 3 N–H and O–H groups in total. The fraction of sp³-hybridized carbons (Fsp3) is 0.444. The van der Waals surface area contributed by atoms with Gasteiger partial charge in [0.2, 0.25) is 5.91 Å². The summed E-state index contributed by atoms with van der Waals surface area (Å²) in [7, 11) is 0. The van der Waals surface area contributed by atoms with E-state index in [2.05, 4.69) is 31.3 Å². The molecule has 0 saturated carbocycles. The second-order valence-electron chi connectivity index (χ2n) is 3.30. The Balaban J connectivity index is 2.72. The lowest BCUT2D eigenvalue weighted by molar-refractivity contribution is -0.120. The van der Waals surface area contributed by atoms with Crippen LogP contribution in [0.25, 0.3) is 10.4 Å². The van der Waals surface area contributed by atoms with Gasteiger partial charge in [0.1, 0.15) is 6.04 Å². The van der Waals surface area contributed by atoms with E-state index in [-0.39, 0.29) is 6.54 Å². The zero-order chi connectivity index (χ0) is 12.8. The summed E-state index contributed by atoms with van der Waals surface area (Å²) in [4.78, 5) is 15.9. The molecule has 0 saturated heterocycles. The minimum absolute atomic E-state index is 0.284. The van der Waals surface area contributed by atoms with Gasteiger partial charge < -0.3 is 11.1 Å². The molecule has 0 radical (unpaired) electrons. The second-order valence-corrected chi connectivity index (χ2v) is 5.44. The van der Waals surface area contributed by atoms with Crippen LogP contribution < -0.4 is 11.1 Å². The summed E-state index contributed by atoms with van der Waals surface area (Å²) in [6.45, 7) is 2.65. The van der Waals surface area contributed by atoms with Crippen LogP contribution in [0.1, 0.15) is 15.8 Å². The number of thiophene rings is 1. The normalized spacial score (nSPS) is 11.9. The molecule has 1 unspecified atom stereocenters. The molecule has 8 heteroatoms. The van der Waals surface area contributed by atoms with E-state index >= 15 is 0 Å². The van der Waals surface area contributed by atoms with Crippen LogP contribution in [0.4, 0.5) is 0 Å². The van der Waals surface area contributed by atoms with Crippen molar-refractivity contribution in [1.29, 1.82) is 0 Å². The first-order valence-corrected chi connectivity index (χ1v) is 6.46. The molecule has 1 atom stereocenters. The Morgan fingerprint density at radius 3 is 3.00 bits per heavy atom. The predicted molar refractivity (Wildman–Crippen MR) is 70.7 cm³/mol. The molecule has 0 aliphatic rings. The van der Waals surface area contributed by atoms with Crippen molar-refractivity contribution in [1.82, 2.24) is 5.32 Å². The monoisotopic (exact) mass is 317 g/mol. The molecule has 1 aromatic heterocycles. The standard InChI is InChI=1S/C9H12BrN5OS/c1-5-6(10)4-7(17-5)8(9(11)16)13-2-3-14-15-12/h4,8,13H,2-3H2,1H3,(H2,11,16). The van der Waals surface area contributed by atoms with E-state index in [1.807, 2.05) is 13.0 Å². The Morgan fingerprint density at radius 1 is 1.82 bits per heavy atom. The number of carbonyl (C=O) groups excluding carboxylic acids is 1. The molecule has 92 valence electrons. The Hall–Kier alpha value is -1.08. The third-order valence-corrected chi connectivity index (χ3v) is 4.27. The first kappa shape index (κ1) is 14.0. The quantitative estimate of drug-likeness (QED) is 0.363. The van der Waals surface area contributed by atoms with E-state index in [0.29, 0.717) is 6.54 Å². The topological polar surface area (TPSA) is 104 Å². The van der Waals surface area contributed by atoms with Crippen LogP contribution in [-0.4, -0.2) is 19.0 Å². The maximum atomic E-state index is 11.3. The molecule has 0 spiro atoms. The van der Waals surface area contributed by atoms with Crippen LogP contribution in [0.15, 0.2) is 15.7 Å². The van der Waals surface area contributed by atoms with E-state index in [1.165, 1.54) is 11.3 Å². The number of nitrogens with zero attached hydrogens (tertiary/aromatic N) is 3. The van der Waals surface area contributed by atoms with Crippen LogP contribution in [0, 0.1) is 6.92 Å². The number of rotatable bonds is 6. The molecule has 0 bridgehead atoms. The van der Waals surface area contributed by atoms with Crippen molar-refractivity contribution in [2.24, 2.45) is 10.8 Å². The van der Waals surface area contributed by atoms with Gasteiger partial charge in [0.25, 0.3) is 0 Å². The molecular weight excluding hydrogens is 306 g/mol. The Bertz CT molecular complexity index is 435. The van der Waals surface area contributed by atoms with E-state index in [0.717, 1.165) is 14.2 Å². The van der Waals surface area contributed by atoms with Gasteiger partial charge in [0.15, 0.2) is 0 Å². The van der Waals surface area contributed by atoms with E-state index in [9.17, 15) is 4.79 Å². The molecule has 0 aliphatic carbocycles. The molecule has 0 fully saturated rings. The Kier molecular flexibility index (Phi) is 5.43. The van der Waals surface area contributed by atoms with E-state index < -0.39 is 11.9 Å². The SMILES string of the molecule is Cc1sc(C(NCCN=[N+]=[N-])C(N)=O)cc1Br. The molecule has 6 nitrogen and oxygen atoms in total. The second kappa shape index (κ2) is 6.61. The van der Waals surface area contributed by atoms with Crippen molar-refractivity contribution in [2.75, 3.05) is 13.1 Å². The van der Waals surface area contributed by atoms with Gasteiger partial charge in [-0.3, -0.25) is 4.79 Å². The van der Waals surface area contributed by atoms with Gasteiger partial charge >= 0.3 is 0 Å². The van der Waals surface area contributed by atoms with Crippen molar-refractivity contribution in [3.05, 3.63) is 30.7 Å². The molecule has 1 heterocycles. The number of aryl methyl sites for hydroxylation is 1. The molecule has 1 amide bonds. The summed E-state index contributed by atoms with van der Waals surface area (Å²) in [5.74, 6) is -0.445. The highest BCUT2D eigenvalue weighted by Gasteiger charge is 2.19. The fourth-order valence-corrected chi connectivity index (χ4v) is 2.91. The van der Waals surface area contributed by atoms with Crippen LogP contribution in [-0.2, 0) is 4.79 Å². The maximum absolute atomic E-state index is 11.3. The lowest BCUT2D eigenvalue weighted by Gasteiger charge is -2.12. The smallest absolute Gasteiger partial charge is 0.239 e. The number of hydrogen-bond donors (Lipinski definition) is 2. The van der Waals surface area contributed by atoms with Gasteiger partial charge in [-0.05, 0) is 34.5 Å². The zero-order valence-corrected chi connectivity index (χ0v) is 11.6. The molecule has 0 aliphatic heterocycles. The predicted octanol–water partition coefficient (Wildman–Crippen LogP) is 2.25. The van der Waals surface area contributed by atoms with Gasteiger partial charge in [-0.15, -0.1) is 11.3 Å². The largest absolute Gasteiger partial charge is 0.368 e. The van der Waals surface area contributed by atoms with E-state index in [4.69, 9.17) is 11.3 Å². The number of hydrogen-bond acceptors (Lipinski definition) is 4. The highest BCUT2D eigenvalue weighted by molar-refractivity contribution is 9.10. The zero-order valence-electron chi connectivity index (χ0n) is 9.18. The number of carbonyl (C=O) groups is 1. The summed E-state index contributed by atoms with van der Waals surface area (Å²) >= 11 is 4.89. The first-order valence-electron chi connectivity index (χ1n) is 4.85. The summed E-state index contributed by atoms with van der Waals surface area (Å²) < 4.78 is 0.959. The minimum atomic E-state index is -0.543. The van der Waals surface area contributed by atoms with Gasteiger partial charge in [0, 0.05) is 32.2 Å². The number of nitrogens with one attached hydrogen (secondary N) is 1. The number of halogens is 1. The van der Waals surface area contributed by atoms with Gasteiger partial charge in [-0.25, -0.2) is 0 Å². The Labute approximate surface area is 111 Å². The summed E-state index contributed by atoms with van der Waals surface area (Å²) in [6, 6.07) is 1.33. The summed E-state index contributed by atoms with van der Waals surface area (Å²) in [5, 5.41) is 6.34. The molecule has 0 aromatic carbocycles. The van der Waals surface area contributed by atoms with Crippen molar-refractivity contribution in [2.45, 2.75) is 13.0 Å². The van der Waals surface area contributed by atoms with Gasteiger partial charge in [-0.1, -0.05) is 5.11 Å². The Morgan fingerprint density at radius 2 is 2.53 bits per heavy atom. The van der Waals surface area contributed by atoms with Crippen molar-refractivity contribution < 1.29 is 4.79 Å². The van der Waals surface area contributed by atoms with Crippen LogP contribution >= 0.6 is 27.3 Å². The lowest BCUT2D eigenvalue weighted by atomic mass is 10.2. The molecular formula is C9H12BrN5OS.